The Balaban J connectivity index is 1.53. The highest BCUT2D eigenvalue weighted by Gasteiger charge is 2.19. The SMILES string of the molecule is COc1cc(NC(=O)C(C)Sc2cccc(NC(=O)/C(=C\c3cccc(OC)c3OC)NC(=O)c3ccccc3)c2)cc(OC)c1. The lowest BCUT2D eigenvalue weighted by atomic mass is 10.1. The Morgan fingerprint density at radius 1 is 0.717 bits per heavy atom. The number of methoxy groups -OCH3 is 4. The molecule has 46 heavy (non-hydrogen) atoms. The van der Waals surface area contributed by atoms with E-state index in [-0.39, 0.29) is 11.6 Å². The Bertz CT molecular complexity index is 1700. The van der Waals surface area contributed by atoms with Gasteiger partial charge in [0, 0.05) is 45.6 Å². The minimum atomic E-state index is -0.561. The molecule has 238 valence electrons. The van der Waals surface area contributed by atoms with Crippen LogP contribution in [-0.2, 0) is 9.59 Å². The molecule has 0 aromatic heterocycles. The largest absolute Gasteiger partial charge is 0.497 e. The molecule has 11 heteroatoms. The molecular formula is C35H35N3O7S. The molecule has 0 aliphatic heterocycles. The zero-order valence-corrected chi connectivity index (χ0v) is 26.9. The Morgan fingerprint density at radius 3 is 2.07 bits per heavy atom. The quantitative estimate of drug-likeness (QED) is 0.116. The molecular weight excluding hydrogens is 606 g/mol. The summed E-state index contributed by atoms with van der Waals surface area (Å²) in [7, 11) is 6.09. The first-order valence-electron chi connectivity index (χ1n) is 14.2. The Hall–Kier alpha value is -5.42. The van der Waals surface area contributed by atoms with Gasteiger partial charge < -0.3 is 34.9 Å². The van der Waals surface area contributed by atoms with Gasteiger partial charge in [0.15, 0.2) is 11.5 Å². The van der Waals surface area contributed by atoms with Crippen LogP contribution in [0.2, 0.25) is 0 Å². The van der Waals surface area contributed by atoms with Crippen molar-refractivity contribution in [2.75, 3.05) is 39.1 Å². The summed E-state index contributed by atoms with van der Waals surface area (Å²) in [4.78, 5) is 40.5. The van der Waals surface area contributed by atoms with Crippen molar-refractivity contribution >= 4 is 46.9 Å². The van der Waals surface area contributed by atoms with Gasteiger partial charge in [0.05, 0.1) is 33.7 Å². The molecule has 0 aliphatic rings. The second kappa shape index (κ2) is 16.1. The molecule has 10 nitrogen and oxygen atoms in total. The highest BCUT2D eigenvalue weighted by Crippen LogP contribution is 2.33. The maximum absolute atomic E-state index is 13.6. The van der Waals surface area contributed by atoms with Gasteiger partial charge in [-0.1, -0.05) is 36.4 Å². The van der Waals surface area contributed by atoms with Crippen LogP contribution in [0, 0.1) is 0 Å². The van der Waals surface area contributed by atoms with Gasteiger partial charge in [-0.3, -0.25) is 14.4 Å². The molecule has 0 radical (unpaired) electrons. The average Bonchev–Trinajstić information content (AvgIpc) is 3.07. The first kappa shape index (κ1) is 33.5. The van der Waals surface area contributed by atoms with Crippen LogP contribution in [0.15, 0.2) is 102 Å². The minimum absolute atomic E-state index is 0.0140. The van der Waals surface area contributed by atoms with Crippen LogP contribution in [0.5, 0.6) is 23.0 Å². The van der Waals surface area contributed by atoms with Crippen molar-refractivity contribution in [3.05, 3.63) is 108 Å². The minimum Gasteiger partial charge on any atom is -0.497 e. The summed E-state index contributed by atoms with van der Waals surface area (Å²) in [5.74, 6) is 0.737. The van der Waals surface area contributed by atoms with Gasteiger partial charge >= 0.3 is 0 Å². The van der Waals surface area contributed by atoms with E-state index in [2.05, 4.69) is 16.0 Å². The molecule has 3 amide bonds. The predicted molar refractivity (Wildman–Crippen MR) is 180 cm³/mol. The van der Waals surface area contributed by atoms with Gasteiger partial charge in [0.1, 0.15) is 17.2 Å². The number of amides is 3. The van der Waals surface area contributed by atoms with Gasteiger partial charge in [-0.05, 0) is 49.4 Å². The lowest BCUT2D eigenvalue weighted by Crippen LogP contribution is -2.30. The number of hydrogen-bond acceptors (Lipinski definition) is 8. The van der Waals surface area contributed by atoms with Crippen molar-refractivity contribution in [3.63, 3.8) is 0 Å². The molecule has 1 atom stereocenters. The number of carbonyl (C=O) groups is 3. The molecule has 0 saturated heterocycles. The van der Waals surface area contributed by atoms with Gasteiger partial charge in [-0.2, -0.15) is 0 Å². The summed E-state index contributed by atoms with van der Waals surface area (Å²) >= 11 is 1.32. The summed E-state index contributed by atoms with van der Waals surface area (Å²) in [6.45, 7) is 1.78. The van der Waals surface area contributed by atoms with E-state index in [0.29, 0.717) is 45.5 Å². The number of anilines is 2. The number of carbonyl (C=O) groups excluding carboxylic acids is 3. The molecule has 0 spiro atoms. The van der Waals surface area contributed by atoms with Crippen LogP contribution >= 0.6 is 11.8 Å². The third-order valence-electron chi connectivity index (χ3n) is 6.66. The van der Waals surface area contributed by atoms with Crippen LogP contribution in [-0.4, -0.2) is 51.4 Å². The molecule has 3 N–H and O–H groups in total. The lowest BCUT2D eigenvalue weighted by Gasteiger charge is -2.15. The molecule has 4 aromatic rings. The monoisotopic (exact) mass is 641 g/mol. The number of ether oxygens (including phenoxy) is 4. The molecule has 0 fully saturated rings. The zero-order chi connectivity index (χ0) is 33.1. The summed E-state index contributed by atoms with van der Waals surface area (Å²) in [5.41, 5.74) is 1.91. The summed E-state index contributed by atoms with van der Waals surface area (Å²) in [6, 6.07) is 26.0. The first-order chi connectivity index (χ1) is 22.2. The van der Waals surface area contributed by atoms with Crippen molar-refractivity contribution in [2.45, 2.75) is 17.1 Å². The average molecular weight is 642 g/mol. The van der Waals surface area contributed by atoms with Gasteiger partial charge in [0.25, 0.3) is 11.8 Å². The number of para-hydroxylation sites is 1. The van der Waals surface area contributed by atoms with E-state index in [1.54, 1.807) is 91.9 Å². The Labute approximate surface area is 272 Å². The van der Waals surface area contributed by atoms with Crippen LogP contribution in [0.3, 0.4) is 0 Å². The van der Waals surface area contributed by atoms with Crippen molar-refractivity contribution in [1.82, 2.24) is 5.32 Å². The Kier molecular flexibility index (Phi) is 11.7. The molecule has 1 unspecified atom stereocenters. The van der Waals surface area contributed by atoms with Crippen molar-refractivity contribution in [2.24, 2.45) is 0 Å². The highest BCUT2D eigenvalue weighted by atomic mass is 32.2. The molecule has 4 aromatic carbocycles. The number of hydrogen-bond donors (Lipinski definition) is 3. The number of thioether (sulfide) groups is 1. The molecule has 0 bridgehead atoms. The van der Waals surface area contributed by atoms with Gasteiger partial charge in [-0.15, -0.1) is 11.8 Å². The lowest BCUT2D eigenvalue weighted by molar-refractivity contribution is -0.115. The van der Waals surface area contributed by atoms with Crippen molar-refractivity contribution in [1.29, 1.82) is 0 Å². The second-order valence-electron chi connectivity index (χ2n) is 9.79. The number of rotatable bonds is 13. The van der Waals surface area contributed by atoms with Crippen LogP contribution in [0.25, 0.3) is 6.08 Å². The molecule has 0 saturated carbocycles. The van der Waals surface area contributed by atoms with E-state index in [9.17, 15) is 14.4 Å². The fourth-order valence-corrected chi connectivity index (χ4v) is 5.28. The van der Waals surface area contributed by atoms with E-state index >= 15 is 0 Å². The van der Waals surface area contributed by atoms with Crippen LogP contribution in [0.4, 0.5) is 11.4 Å². The smallest absolute Gasteiger partial charge is 0.272 e. The van der Waals surface area contributed by atoms with Gasteiger partial charge in [-0.25, -0.2) is 0 Å². The molecule has 4 rings (SSSR count). The van der Waals surface area contributed by atoms with Crippen LogP contribution < -0.4 is 34.9 Å². The van der Waals surface area contributed by atoms with Gasteiger partial charge in [0.2, 0.25) is 5.91 Å². The summed E-state index contributed by atoms with van der Waals surface area (Å²) in [5, 5.41) is 7.99. The highest BCUT2D eigenvalue weighted by molar-refractivity contribution is 8.00. The van der Waals surface area contributed by atoms with E-state index in [0.717, 1.165) is 4.90 Å². The van der Waals surface area contributed by atoms with Crippen LogP contribution in [0.1, 0.15) is 22.8 Å². The second-order valence-corrected chi connectivity index (χ2v) is 11.2. The van der Waals surface area contributed by atoms with E-state index in [1.807, 2.05) is 6.07 Å². The fourth-order valence-electron chi connectivity index (χ4n) is 4.35. The number of nitrogens with one attached hydrogen (secondary N) is 3. The zero-order valence-electron chi connectivity index (χ0n) is 26.1. The van der Waals surface area contributed by atoms with E-state index in [4.69, 9.17) is 18.9 Å². The number of benzene rings is 4. The summed E-state index contributed by atoms with van der Waals surface area (Å²) in [6.07, 6.45) is 1.52. The Morgan fingerprint density at radius 2 is 1.41 bits per heavy atom. The molecule has 0 aliphatic carbocycles. The van der Waals surface area contributed by atoms with Crippen molar-refractivity contribution in [3.8, 4) is 23.0 Å². The predicted octanol–water partition coefficient (Wildman–Crippen LogP) is 6.25. The summed E-state index contributed by atoms with van der Waals surface area (Å²) < 4.78 is 21.5. The maximum atomic E-state index is 13.6. The third kappa shape index (κ3) is 8.82. The maximum Gasteiger partial charge on any atom is 0.272 e. The third-order valence-corrected chi connectivity index (χ3v) is 7.75. The fraction of sp³-hybridized carbons (Fsp3) is 0.171. The molecule has 0 heterocycles. The first-order valence-corrected chi connectivity index (χ1v) is 15.0. The van der Waals surface area contributed by atoms with E-state index < -0.39 is 17.1 Å². The normalized spacial score (nSPS) is 11.5. The standard InChI is InChI=1S/C35H35N3O7S/c1-22(33(39)37-26-18-27(42-2)21-28(19-26)43-3)46-29-15-10-14-25(20-29)36-35(41)30(38-34(40)23-11-7-6-8-12-23)17-24-13-9-16-31(44-4)32(24)45-5/h6-22H,1-5H3,(H,36,41)(H,37,39)(H,38,40)/b30-17+. The van der Waals surface area contributed by atoms with E-state index in [1.165, 1.54) is 46.3 Å². The topological polar surface area (TPSA) is 124 Å². The van der Waals surface area contributed by atoms with Crippen molar-refractivity contribution < 1.29 is 33.3 Å².